The van der Waals surface area contributed by atoms with Gasteiger partial charge >= 0.3 is 0 Å². The van der Waals surface area contributed by atoms with Crippen molar-refractivity contribution in [3.63, 3.8) is 0 Å². The highest BCUT2D eigenvalue weighted by molar-refractivity contribution is 7.09. The number of rotatable bonds is 8. The molecule has 0 atom stereocenters. The summed E-state index contributed by atoms with van der Waals surface area (Å²) in [4.78, 5) is 16.5. The van der Waals surface area contributed by atoms with Crippen LogP contribution in [0, 0.1) is 6.92 Å². The van der Waals surface area contributed by atoms with Crippen LogP contribution in [0.5, 0.6) is 5.75 Å². The fourth-order valence-corrected chi connectivity index (χ4v) is 3.28. The lowest BCUT2D eigenvalue weighted by Gasteiger charge is -2.07. The van der Waals surface area contributed by atoms with Crippen LogP contribution in [0.1, 0.15) is 28.2 Å². The van der Waals surface area contributed by atoms with Crippen molar-refractivity contribution in [2.24, 2.45) is 0 Å². The lowest BCUT2D eigenvalue weighted by atomic mass is 10.2. The Morgan fingerprint density at radius 1 is 1.12 bits per heavy atom. The first-order chi connectivity index (χ1) is 12.7. The van der Waals surface area contributed by atoms with Gasteiger partial charge in [-0.25, -0.2) is 4.98 Å². The molecule has 0 aliphatic heterocycles. The van der Waals surface area contributed by atoms with E-state index in [1.807, 2.05) is 54.8 Å². The molecule has 0 saturated heterocycles. The molecule has 1 heterocycles. The van der Waals surface area contributed by atoms with Crippen molar-refractivity contribution in [3.8, 4) is 5.75 Å². The second kappa shape index (κ2) is 9.15. The number of nitrogens with one attached hydrogen (secondary N) is 1. The molecule has 5 heteroatoms. The quantitative estimate of drug-likeness (QED) is 0.652. The van der Waals surface area contributed by atoms with Crippen LogP contribution in [-0.2, 0) is 17.8 Å². The number of hydrogen-bond acceptors (Lipinski definition) is 4. The second-order valence-corrected chi connectivity index (χ2v) is 7.03. The minimum absolute atomic E-state index is 0.0327. The number of amides is 1. The molecule has 3 aromatic rings. The van der Waals surface area contributed by atoms with Crippen LogP contribution in [-0.4, -0.2) is 17.5 Å². The predicted octanol–water partition coefficient (Wildman–Crippen LogP) is 4.13. The van der Waals surface area contributed by atoms with Crippen molar-refractivity contribution in [1.29, 1.82) is 0 Å². The molecule has 3 rings (SSSR count). The molecule has 0 unspecified atom stereocenters. The van der Waals surface area contributed by atoms with Crippen LogP contribution in [0.25, 0.3) is 0 Å². The van der Waals surface area contributed by atoms with Gasteiger partial charge in [0.2, 0.25) is 5.91 Å². The van der Waals surface area contributed by atoms with Crippen LogP contribution < -0.4 is 10.1 Å². The molecule has 0 spiro atoms. The van der Waals surface area contributed by atoms with Crippen molar-refractivity contribution in [2.75, 3.05) is 6.61 Å². The predicted molar refractivity (Wildman–Crippen MR) is 104 cm³/mol. The third kappa shape index (κ3) is 5.70. The summed E-state index contributed by atoms with van der Waals surface area (Å²) in [6, 6.07) is 18.1. The molecular weight excluding hydrogens is 344 g/mol. The Bertz CT molecular complexity index is 829. The SMILES string of the molecule is Cc1ccc(OCCC(=O)NCc2csc(Cc3ccccc3)n2)cc1. The Kier molecular flexibility index (Phi) is 6.39. The van der Waals surface area contributed by atoms with E-state index in [0.29, 0.717) is 19.6 Å². The summed E-state index contributed by atoms with van der Waals surface area (Å²) in [5.41, 5.74) is 3.32. The molecule has 2 aromatic carbocycles. The maximum Gasteiger partial charge on any atom is 0.223 e. The second-order valence-electron chi connectivity index (χ2n) is 6.08. The fraction of sp³-hybridized carbons (Fsp3) is 0.238. The number of aryl methyl sites for hydroxylation is 1. The average Bonchev–Trinajstić information content (AvgIpc) is 3.10. The summed E-state index contributed by atoms with van der Waals surface area (Å²) in [5, 5.41) is 5.96. The van der Waals surface area contributed by atoms with Gasteiger partial charge in [-0.2, -0.15) is 0 Å². The number of aromatic nitrogens is 1. The molecular formula is C21H22N2O2S. The van der Waals surface area contributed by atoms with Crippen LogP contribution >= 0.6 is 11.3 Å². The first kappa shape index (κ1) is 18.1. The van der Waals surface area contributed by atoms with E-state index in [4.69, 9.17) is 4.74 Å². The van der Waals surface area contributed by atoms with Gasteiger partial charge in [0.05, 0.1) is 30.3 Å². The number of hydrogen-bond donors (Lipinski definition) is 1. The van der Waals surface area contributed by atoms with Gasteiger partial charge in [-0.05, 0) is 24.6 Å². The zero-order chi connectivity index (χ0) is 18.2. The van der Waals surface area contributed by atoms with Gasteiger partial charge in [0.15, 0.2) is 0 Å². The van der Waals surface area contributed by atoms with Crippen LogP contribution in [0.2, 0.25) is 0 Å². The summed E-state index contributed by atoms with van der Waals surface area (Å²) in [6.07, 6.45) is 1.15. The number of carbonyl (C=O) groups is 1. The molecule has 26 heavy (non-hydrogen) atoms. The van der Waals surface area contributed by atoms with Gasteiger partial charge in [-0.15, -0.1) is 11.3 Å². The largest absolute Gasteiger partial charge is 0.493 e. The zero-order valence-corrected chi connectivity index (χ0v) is 15.6. The monoisotopic (exact) mass is 366 g/mol. The molecule has 1 aromatic heterocycles. The standard InChI is InChI=1S/C21H22N2O2S/c1-16-7-9-19(10-8-16)25-12-11-20(24)22-14-18-15-26-21(23-18)13-17-5-3-2-4-6-17/h2-10,15H,11-14H2,1H3,(H,22,24). The maximum absolute atomic E-state index is 11.9. The summed E-state index contributed by atoms with van der Waals surface area (Å²) < 4.78 is 5.58. The molecule has 0 fully saturated rings. The van der Waals surface area contributed by atoms with Crippen LogP contribution in [0.4, 0.5) is 0 Å². The third-order valence-electron chi connectivity index (χ3n) is 3.88. The van der Waals surface area contributed by atoms with E-state index in [1.54, 1.807) is 11.3 Å². The molecule has 0 saturated carbocycles. The highest BCUT2D eigenvalue weighted by atomic mass is 32.1. The number of nitrogens with zero attached hydrogens (tertiary/aromatic N) is 1. The van der Waals surface area contributed by atoms with Gasteiger partial charge in [0.1, 0.15) is 5.75 Å². The van der Waals surface area contributed by atoms with Gasteiger partial charge in [0.25, 0.3) is 0 Å². The minimum atomic E-state index is -0.0327. The lowest BCUT2D eigenvalue weighted by Crippen LogP contribution is -2.24. The van der Waals surface area contributed by atoms with Crippen molar-refractivity contribution in [2.45, 2.75) is 26.3 Å². The van der Waals surface area contributed by atoms with Crippen LogP contribution in [0.3, 0.4) is 0 Å². The topological polar surface area (TPSA) is 51.2 Å². The molecule has 1 N–H and O–H groups in total. The normalized spacial score (nSPS) is 10.5. The molecule has 0 aliphatic rings. The van der Waals surface area contributed by atoms with Crippen molar-refractivity contribution in [1.82, 2.24) is 10.3 Å². The smallest absolute Gasteiger partial charge is 0.223 e. The Labute approximate surface area is 157 Å². The Balaban J connectivity index is 1.38. The molecule has 4 nitrogen and oxygen atoms in total. The van der Waals surface area contributed by atoms with E-state index in [2.05, 4.69) is 22.4 Å². The Morgan fingerprint density at radius 3 is 2.65 bits per heavy atom. The first-order valence-electron chi connectivity index (χ1n) is 8.62. The summed E-state index contributed by atoms with van der Waals surface area (Å²) in [6.45, 7) is 2.85. The van der Waals surface area contributed by atoms with E-state index >= 15 is 0 Å². The maximum atomic E-state index is 11.9. The van der Waals surface area contributed by atoms with Crippen molar-refractivity contribution < 1.29 is 9.53 Å². The summed E-state index contributed by atoms with van der Waals surface area (Å²) >= 11 is 1.63. The van der Waals surface area contributed by atoms with Crippen molar-refractivity contribution >= 4 is 17.2 Å². The summed E-state index contributed by atoms with van der Waals surface area (Å²) in [5.74, 6) is 0.753. The van der Waals surface area contributed by atoms with E-state index in [9.17, 15) is 4.79 Å². The van der Waals surface area contributed by atoms with E-state index < -0.39 is 0 Å². The number of carbonyl (C=O) groups excluding carboxylic acids is 1. The molecule has 0 aliphatic carbocycles. The third-order valence-corrected chi connectivity index (χ3v) is 4.78. The molecule has 0 radical (unpaired) electrons. The van der Waals surface area contributed by atoms with Gasteiger partial charge in [0, 0.05) is 11.8 Å². The van der Waals surface area contributed by atoms with Gasteiger partial charge in [-0.3, -0.25) is 4.79 Å². The highest BCUT2D eigenvalue weighted by Crippen LogP contribution is 2.15. The van der Waals surface area contributed by atoms with Gasteiger partial charge in [-0.1, -0.05) is 48.0 Å². The zero-order valence-electron chi connectivity index (χ0n) is 14.8. The lowest BCUT2D eigenvalue weighted by molar-refractivity contribution is -0.121. The Hall–Kier alpha value is -2.66. The minimum Gasteiger partial charge on any atom is -0.493 e. The van der Waals surface area contributed by atoms with E-state index in [1.165, 1.54) is 11.1 Å². The summed E-state index contributed by atoms with van der Waals surface area (Å²) in [7, 11) is 0. The number of ether oxygens (including phenoxy) is 1. The first-order valence-corrected chi connectivity index (χ1v) is 9.50. The fourth-order valence-electron chi connectivity index (χ4n) is 2.46. The van der Waals surface area contributed by atoms with Crippen molar-refractivity contribution in [3.05, 3.63) is 81.8 Å². The van der Waals surface area contributed by atoms with E-state index in [-0.39, 0.29) is 5.91 Å². The van der Waals surface area contributed by atoms with E-state index in [0.717, 1.165) is 22.9 Å². The average molecular weight is 366 g/mol. The molecule has 134 valence electrons. The molecule has 1 amide bonds. The van der Waals surface area contributed by atoms with Crippen LogP contribution in [0.15, 0.2) is 60.0 Å². The number of thiazole rings is 1. The number of benzene rings is 2. The molecule has 0 bridgehead atoms. The highest BCUT2D eigenvalue weighted by Gasteiger charge is 2.06. The Morgan fingerprint density at radius 2 is 1.88 bits per heavy atom. The van der Waals surface area contributed by atoms with Gasteiger partial charge < -0.3 is 10.1 Å².